The number of benzene rings is 2. The number of aromatic nitrogens is 3. The minimum absolute atomic E-state index is 0.00908. The van der Waals surface area contributed by atoms with Crippen molar-refractivity contribution < 1.29 is 18.7 Å². The second kappa shape index (κ2) is 8.63. The highest BCUT2D eigenvalue weighted by Gasteiger charge is 2.10. The molecule has 1 heterocycles. The zero-order valence-corrected chi connectivity index (χ0v) is 15.9. The molecule has 0 saturated carbocycles. The number of nitrogens with one attached hydrogen (secondary N) is 2. The molecule has 1 aromatic heterocycles. The molecular weight excluding hydrogens is 419 g/mol. The molecule has 27 heavy (non-hydrogen) atoms. The minimum atomic E-state index is -0.545. The molecule has 0 radical (unpaired) electrons. The molecule has 0 unspecified atom stereocenters. The van der Waals surface area contributed by atoms with Crippen LogP contribution in [0.5, 0.6) is 11.5 Å². The Kier molecular flexibility index (Phi) is 6.02. The van der Waals surface area contributed by atoms with Gasteiger partial charge < -0.3 is 14.8 Å². The average Bonchev–Trinajstić information content (AvgIpc) is 3.15. The Morgan fingerprint density at radius 3 is 2.74 bits per heavy atom. The average molecular weight is 435 g/mol. The summed E-state index contributed by atoms with van der Waals surface area (Å²) >= 11 is 3.16. The van der Waals surface area contributed by atoms with Crippen LogP contribution in [0, 0.1) is 5.82 Å². The highest BCUT2D eigenvalue weighted by molar-refractivity contribution is 9.10. The third kappa shape index (κ3) is 5.04. The molecule has 3 aromatic rings. The topological polar surface area (TPSA) is 89.1 Å². The van der Waals surface area contributed by atoms with Gasteiger partial charge in [-0.2, -0.15) is 5.10 Å². The van der Waals surface area contributed by atoms with Crippen molar-refractivity contribution >= 4 is 21.8 Å². The van der Waals surface area contributed by atoms with Crippen LogP contribution in [-0.2, 0) is 11.3 Å². The lowest BCUT2D eigenvalue weighted by Crippen LogP contribution is -2.29. The summed E-state index contributed by atoms with van der Waals surface area (Å²) in [5.74, 6) is 0.800. The van der Waals surface area contributed by atoms with Gasteiger partial charge in [0.15, 0.2) is 24.0 Å². The molecule has 2 N–H and O–H groups in total. The summed E-state index contributed by atoms with van der Waals surface area (Å²) in [6.45, 7) is -0.161. The van der Waals surface area contributed by atoms with E-state index < -0.39 is 11.7 Å². The smallest absolute Gasteiger partial charge is 0.258 e. The number of ether oxygens (including phenoxy) is 2. The van der Waals surface area contributed by atoms with Crippen LogP contribution in [0.4, 0.5) is 4.39 Å². The Balaban J connectivity index is 1.51. The molecule has 0 spiro atoms. The minimum Gasteiger partial charge on any atom is -0.497 e. The fourth-order valence-corrected chi connectivity index (χ4v) is 2.55. The number of rotatable bonds is 7. The maximum absolute atomic E-state index is 13.6. The first-order valence-corrected chi connectivity index (χ1v) is 8.74. The molecule has 140 valence electrons. The molecule has 0 aliphatic heterocycles. The van der Waals surface area contributed by atoms with Crippen LogP contribution in [0.1, 0.15) is 5.82 Å². The third-order valence-corrected chi connectivity index (χ3v) is 4.08. The Labute approximate surface area is 163 Å². The van der Waals surface area contributed by atoms with E-state index in [2.05, 4.69) is 36.4 Å². The monoisotopic (exact) mass is 434 g/mol. The van der Waals surface area contributed by atoms with Gasteiger partial charge in [-0.05, 0) is 42.5 Å². The molecule has 3 rings (SSSR count). The van der Waals surface area contributed by atoms with Gasteiger partial charge in [0.1, 0.15) is 11.6 Å². The maximum Gasteiger partial charge on any atom is 0.258 e. The van der Waals surface area contributed by atoms with Crippen LogP contribution in [-0.4, -0.2) is 34.8 Å². The largest absolute Gasteiger partial charge is 0.497 e. The number of hydrogen-bond acceptors (Lipinski definition) is 5. The molecular formula is C18H16BrFN4O3. The normalized spacial score (nSPS) is 10.5. The predicted octanol–water partition coefficient (Wildman–Crippen LogP) is 3.08. The van der Waals surface area contributed by atoms with E-state index in [0.29, 0.717) is 16.1 Å². The van der Waals surface area contributed by atoms with E-state index in [-0.39, 0.29) is 18.9 Å². The van der Waals surface area contributed by atoms with Gasteiger partial charge >= 0.3 is 0 Å². The zero-order valence-electron chi connectivity index (χ0n) is 14.3. The fourth-order valence-electron chi connectivity index (χ4n) is 2.21. The number of methoxy groups -OCH3 is 1. The second-order valence-electron chi connectivity index (χ2n) is 5.47. The molecule has 0 aliphatic rings. The second-order valence-corrected chi connectivity index (χ2v) is 6.39. The standard InChI is InChI=1S/C18H16BrFN4O3/c1-26-13-5-2-11(3-6-13)18-22-16(23-24-18)9-21-17(25)10-27-15-7-4-12(19)8-14(15)20/h2-8H,9-10H2,1H3,(H,21,25)(H,22,23,24). The van der Waals surface area contributed by atoms with E-state index in [1.807, 2.05) is 24.3 Å². The summed E-state index contributed by atoms with van der Waals surface area (Å²) < 4.78 is 24.5. The number of carbonyl (C=O) groups excluding carboxylic acids is 1. The third-order valence-electron chi connectivity index (χ3n) is 3.59. The lowest BCUT2D eigenvalue weighted by atomic mass is 10.2. The van der Waals surface area contributed by atoms with Crippen molar-refractivity contribution in [1.82, 2.24) is 20.5 Å². The highest BCUT2D eigenvalue weighted by Crippen LogP contribution is 2.21. The fraction of sp³-hybridized carbons (Fsp3) is 0.167. The molecule has 0 bridgehead atoms. The lowest BCUT2D eigenvalue weighted by Gasteiger charge is -2.07. The van der Waals surface area contributed by atoms with Gasteiger partial charge in [0.05, 0.1) is 13.7 Å². The predicted molar refractivity (Wildman–Crippen MR) is 99.8 cm³/mol. The Morgan fingerprint density at radius 2 is 2.04 bits per heavy atom. The zero-order chi connectivity index (χ0) is 19.2. The van der Waals surface area contributed by atoms with Crippen LogP contribution in [0.2, 0.25) is 0 Å². The van der Waals surface area contributed by atoms with Crippen LogP contribution in [0.3, 0.4) is 0 Å². The van der Waals surface area contributed by atoms with Gasteiger partial charge in [-0.3, -0.25) is 9.89 Å². The van der Waals surface area contributed by atoms with Gasteiger partial charge in [-0.15, -0.1) is 0 Å². The van der Waals surface area contributed by atoms with Crippen molar-refractivity contribution in [3.05, 3.63) is 58.6 Å². The molecule has 9 heteroatoms. The Hall–Kier alpha value is -2.94. The van der Waals surface area contributed by atoms with E-state index in [1.165, 1.54) is 12.1 Å². The number of hydrogen-bond donors (Lipinski definition) is 2. The van der Waals surface area contributed by atoms with E-state index in [9.17, 15) is 9.18 Å². The first kappa shape index (κ1) is 18.8. The Bertz CT molecular complexity index is 931. The number of H-pyrrole nitrogens is 1. The SMILES string of the molecule is COc1ccc(-c2n[nH]c(CNC(=O)COc3ccc(Br)cc3F)n2)cc1. The summed E-state index contributed by atoms with van der Waals surface area (Å²) in [6, 6.07) is 11.6. The van der Waals surface area contributed by atoms with Crippen LogP contribution in [0.25, 0.3) is 11.4 Å². The van der Waals surface area contributed by atoms with Crippen molar-refractivity contribution in [3.63, 3.8) is 0 Å². The van der Waals surface area contributed by atoms with Crippen LogP contribution >= 0.6 is 15.9 Å². The van der Waals surface area contributed by atoms with E-state index in [0.717, 1.165) is 11.3 Å². The summed E-state index contributed by atoms with van der Waals surface area (Å²) in [7, 11) is 1.59. The first-order chi connectivity index (χ1) is 13.0. The molecule has 0 fully saturated rings. The van der Waals surface area contributed by atoms with Gasteiger partial charge in [0, 0.05) is 10.0 Å². The number of aromatic amines is 1. The number of carbonyl (C=O) groups is 1. The highest BCUT2D eigenvalue weighted by atomic mass is 79.9. The maximum atomic E-state index is 13.6. The summed E-state index contributed by atoms with van der Waals surface area (Å²) in [6.07, 6.45) is 0. The van der Waals surface area contributed by atoms with Gasteiger partial charge in [-0.1, -0.05) is 15.9 Å². The van der Waals surface area contributed by atoms with Gasteiger partial charge in [-0.25, -0.2) is 9.37 Å². The molecule has 0 saturated heterocycles. The van der Waals surface area contributed by atoms with Crippen molar-refractivity contribution in [2.45, 2.75) is 6.54 Å². The molecule has 7 nitrogen and oxygen atoms in total. The van der Waals surface area contributed by atoms with Crippen LogP contribution < -0.4 is 14.8 Å². The van der Waals surface area contributed by atoms with Crippen molar-refractivity contribution in [1.29, 1.82) is 0 Å². The first-order valence-electron chi connectivity index (χ1n) is 7.95. The lowest BCUT2D eigenvalue weighted by molar-refractivity contribution is -0.123. The summed E-state index contributed by atoms with van der Waals surface area (Å²) in [5.41, 5.74) is 0.818. The van der Waals surface area contributed by atoms with Crippen molar-refractivity contribution in [3.8, 4) is 22.9 Å². The Morgan fingerprint density at radius 1 is 1.26 bits per heavy atom. The molecule has 2 aromatic carbocycles. The molecule has 0 aliphatic carbocycles. The summed E-state index contributed by atoms with van der Waals surface area (Å²) in [4.78, 5) is 16.2. The van der Waals surface area contributed by atoms with E-state index >= 15 is 0 Å². The number of amides is 1. The van der Waals surface area contributed by atoms with Gasteiger partial charge in [0.25, 0.3) is 5.91 Å². The quantitative estimate of drug-likeness (QED) is 0.596. The van der Waals surface area contributed by atoms with E-state index in [1.54, 1.807) is 13.2 Å². The van der Waals surface area contributed by atoms with Crippen molar-refractivity contribution in [2.24, 2.45) is 0 Å². The van der Waals surface area contributed by atoms with Crippen LogP contribution in [0.15, 0.2) is 46.9 Å². The number of halogens is 2. The van der Waals surface area contributed by atoms with Crippen molar-refractivity contribution in [2.75, 3.05) is 13.7 Å². The van der Waals surface area contributed by atoms with E-state index in [4.69, 9.17) is 9.47 Å². The van der Waals surface area contributed by atoms with Gasteiger partial charge in [0.2, 0.25) is 0 Å². The number of nitrogens with zero attached hydrogens (tertiary/aromatic N) is 2. The molecule has 1 amide bonds. The summed E-state index contributed by atoms with van der Waals surface area (Å²) in [5, 5.41) is 9.52. The molecule has 0 atom stereocenters.